The van der Waals surface area contributed by atoms with Gasteiger partial charge in [-0.1, -0.05) is 12.1 Å². The van der Waals surface area contributed by atoms with Crippen LogP contribution in [0.15, 0.2) is 16.9 Å². The average Bonchev–Trinajstić information content (AvgIpc) is 2.91. The van der Waals surface area contributed by atoms with Gasteiger partial charge >= 0.3 is 0 Å². The number of morpholine rings is 1. The number of carbonyl (C=O) groups excluding carboxylic acids is 1. The summed E-state index contributed by atoms with van der Waals surface area (Å²) in [6, 6.07) is 1.77. The van der Waals surface area contributed by atoms with E-state index in [4.69, 9.17) is 9.26 Å². The van der Waals surface area contributed by atoms with Gasteiger partial charge in [0.25, 0.3) is 0 Å². The standard InChI is InChI=1S/C13H21N3O3/c1-11(9-16-4-7-18-8-5-16)13(17)15(2)10-12-3-6-19-14-12/h3,6,11H,4-5,7-10H2,1-2H3. The first kappa shape index (κ1) is 14.0. The molecule has 0 radical (unpaired) electrons. The zero-order chi connectivity index (χ0) is 13.7. The summed E-state index contributed by atoms with van der Waals surface area (Å²) in [7, 11) is 1.80. The minimum Gasteiger partial charge on any atom is -0.379 e. The Morgan fingerprint density at radius 1 is 1.53 bits per heavy atom. The van der Waals surface area contributed by atoms with Crippen LogP contribution in [0.3, 0.4) is 0 Å². The molecule has 1 aliphatic rings. The molecule has 6 heteroatoms. The Morgan fingerprint density at radius 3 is 2.89 bits per heavy atom. The third kappa shape index (κ3) is 4.04. The lowest BCUT2D eigenvalue weighted by Crippen LogP contribution is -2.43. The lowest BCUT2D eigenvalue weighted by atomic mass is 10.1. The number of amides is 1. The van der Waals surface area contributed by atoms with Crippen molar-refractivity contribution in [1.29, 1.82) is 0 Å². The Hall–Kier alpha value is -1.40. The molecule has 0 saturated carbocycles. The monoisotopic (exact) mass is 267 g/mol. The van der Waals surface area contributed by atoms with Crippen LogP contribution in [0.4, 0.5) is 0 Å². The molecule has 1 fully saturated rings. The van der Waals surface area contributed by atoms with E-state index in [0.29, 0.717) is 6.54 Å². The van der Waals surface area contributed by atoms with Gasteiger partial charge in [-0.25, -0.2) is 0 Å². The van der Waals surface area contributed by atoms with Crippen molar-refractivity contribution in [3.63, 3.8) is 0 Å². The van der Waals surface area contributed by atoms with Gasteiger partial charge in [0, 0.05) is 38.7 Å². The van der Waals surface area contributed by atoms with E-state index in [9.17, 15) is 4.79 Å². The number of carbonyl (C=O) groups is 1. The van der Waals surface area contributed by atoms with Gasteiger partial charge in [-0.15, -0.1) is 0 Å². The predicted molar refractivity (Wildman–Crippen MR) is 69.4 cm³/mol. The van der Waals surface area contributed by atoms with E-state index in [1.807, 2.05) is 6.92 Å². The quantitative estimate of drug-likeness (QED) is 0.782. The molecule has 6 nitrogen and oxygen atoms in total. The maximum atomic E-state index is 12.3. The van der Waals surface area contributed by atoms with Crippen molar-refractivity contribution in [3.05, 3.63) is 18.0 Å². The van der Waals surface area contributed by atoms with Crippen molar-refractivity contribution in [2.75, 3.05) is 39.9 Å². The van der Waals surface area contributed by atoms with E-state index in [2.05, 4.69) is 10.1 Å². The fourth-order valence-corrected chi connectivity index (χ4v) is 2.27. The number of hydrogen-bond acceptors (Lipinski definition) is 5. The summed E-state index contributed by atoms with van der Waals surface area (Å²) in [5.41, 5.74) is 0.773. The zero-order valence-corrected chi connectivity index (χ0v) is 11.5. The van der Waals surface area contributed by atoms with Gasteiger partial charge in [-0.3, -0.25) is 9.69 Å². The summed E-state index contributed by atoms with van der Waals surface area (Å²) in [6.07, 6.45) is 1.52. The van der Waals surface area contributed by atoms with Crippen molar-refractivity contribution in [1.82, 2.24) is 15.0 Å². The maximum Gasteiger partial charge on any atom is 0.226 e. The highest BCUT2D eigenvalue weighted by molar-refractivity contribution is 5.78. The fourth-order valence-electron chi connectivity index (χ4n) is 2.27. The summed E-state index contributed by atoms with van der Waals surface area (Å²) < 4.78 is 10.1. The molecule has 1 amide bonds. The SMILES string of the molecule is CC(CN1CCOCC1)C(=O)N(C)Cc1ccon1. The Kier molecular flexibility index (Phi) is 4.93. The van der Waals surface area contributed by atoms with Crippen LogP contribution >= 0.6 is 0 Å². The van der Waals surface area contributed by atoms with E-state index in [1.165, 1.54) is 6.26 Å². The maximum absolute atomic E-state index is 12.3. The number of ether oxygens (including phenoxy) is 1. The summed E-state index contributed by atoms with van der Waals surface area (Å²) in [5, 5.41) is 3.82. The Labute approximate surface area is 113 Å². The summed E-state index contributed by atoms with van der Waals surface area (Å²) in [6.45, 7) is 6.58. The van der Waals surface area contributed by atoms with Crippen LogP contribution in [0.5, 0.6) is 0 Å². The first-order chi connectivity index (χ1) is 9.16. The predicted octanol–water partition coefficient (Wildman–Crippen LogP) is 0.601. The Bertz CT molecular complexity index is 388. The van der Waals surface area contributed by atoms with Crippen LogP contribution in [0, 0.1) is 5.92 Å². The molecule has 1 atom stereocenters. The first-order valence-electron chi connectivity index (χ1n) is 6.61. The van der Waals surface area contributed by atoms with E-state index in [0.717, 1.165) is 38.5 Å². The van der Waals surface area contributed by atoms with Crippen molar-refractivity contribution in [2.24, 2.45) is 5.92 Å². The molecule has 0 aromatic carbocycles. The molecule has 0 aliphatic carbocycles. The van der Waals surface area contributed by atoms with Crippen LogP contribution in [0.25, 0.3) is 0 Å². The topological polar surface area (TPSA) is 58.8 Å². The third-order valence-electron chi connectivity index (χ3n) is 3.32. The van der Waals surface area contributed by atoms with E-state index < -0.39 is 0 Å². The fraction of sp³-hybridized carbons (Fsp3) is 0.692. The lowest BCUT2D eigenvalue weighted by molar-refractivity contribution is -0.135. The number of aromatic nitrogens is 1. The van der Waals surface area contributed by atoms with Crippen molar-refractivity contribution in [2.45, 2.75) is 13.5 Å². The van der Waals surface area contributed by atoms with Gasteiger partial charge in [0.2, 0.25) is 5.91 Å². The highest BCUT2D eigenvalue weighted by Crippen LogP contribution is 2.09. The molecule has 0 bridgehead atoms. The lowest BCUT2D eigenvalue weighted by Gasteiger charge is -2.30. The second-order valence-electron chi connectivity index (χ2n) is 5.00. The molecule has 0 spiro atoms. The van der Waals surface area contributed by atoms with Gasteiger partial charge < -0.3 is 14.2 Å². The summed E-state index contributed by atoms with van der Waals surface area (Å²) >= 11 is 0. The minimum atomic E-state index is -0.0185. The Morgan fingerprint density at radius 2 is 2.26 bits per heavy atom. The summed E-state index contributed by atoms with van der Waals surface area (Å²) in [5.74, 6) is 0.115. The molecule has 1 aromatic heterocycles. The van der Waals surface area contributed by atoms with Gasteiger partial charge in [0.05, 0.1) is 19.8 Å². The Balaban J connectivity index is 1.80. The molecule has 106 valence electrons. The second kappa shape index (κ2) is 6.68. The first-order valence-corrected chi connectivity index (χ1v) is 6.61. The van der Waals surface area contributed by atoms with Gasteiger partial charge in [0.1, 0.15) is 12.0 Å². The minimum absolute atomic E-state index is 0.0185. The highest BCUT2D eigenvalue weighted by atomic mass is 16.5. The molecule has 1 aliphatic heterocycles. The molecular formula is C13H21N3O3. The van der Waals surface area contributed by atoms with E-state index >= 15 is 0 Å². The average molecular weight is 267 g/mol. The van der Waals surface area contributed by atoms with Crippen LogP contribution in [-0.4, -0.2) is 60.8 Å². The van der Waals surface area contributed by atoms with E-state index in [-0.39, 0.29) is 11.8 Å². The number of nitrogens with zero attached hydrogens (tertiary/aromatic N) is 3. The van der Waals surface area contributed by atoms with Crippen LogP contribution in [0.2, 0.25) is 0 Å². The largest absolute Gasteiger partial charge is 0.379 e. The van der Waals surface area contributed by atoms with Gasteiger partial charge in [0.15, 0.2) is 0 Å². The third-order valence-corrected chi connectivity index (χ3v) is 3.32. The highest BCUT2D eigenvalue weighted by Gasteiger charge is 2.22. The molecule has 0 N–H and O–H groups in total. The summed E-state index contributed by atoms with van der Waals surface area (Å²) in [4.78, 5) is 16.2. The van der Waals surface area contributed by atoms with E-state index in [1.54, 1.807) is 18.0 Å². The van der Waals surface area contributed by atoms with Crippen LogP contribution < -0.4 is 0 Å². The molecule has 2 rings (SSSR count). The zero-order valence-electron chi connectivity index (χ0n) is 11.5. The van der Waals surface area contributed by atoms with Gasteiger partial charge in [-0.2, -0.15) is 0 Å². The smallest absolute Gasteiger partial charge is 0.226 e. The number of rotatable bonds is 5. The molecule has 1 aromatic rings. The van der Waals surface area contributed by atoms with Crippen molar-refractivity contribution in [3.8, 4) is 0 Å². The van der Waals surface area contributed by atoms with Crippen molar-refractivity contribution < 1.29 is 14.1 Å². The molecule has 1 saturated heterocycles. The second-order valence-corrected chi connectivity index (χ2v) is 5.00. The molecular weight excluding hydrogens is 246 g/mol. The normalized spacial score (nSPS) is 18.2. The molecule has 19 heavy (non-hydrogen) atoms. The van der Waals surface area contributed by atoms with Crippen LogP contribution in [0.1, 0.15) is 12.6 Å². The van der Waals surface area contributed by atoms with Gasteiger partial charge in [-0.05, 0) is 0 Å². The molecule has 2 heterocycles. The molecule has 1 unspecified atom stereocenters. The van der Waals surface area contributed by atoms with Crippen LogP contribution in [-0.2, 0) is 16.1 Å². The number of hydrogen-bond donors (Lipinski definition) is 0. The van der Waals surface area contributed by atoms with Crippen molar-refractivity contribution >= 4 is 5.91 Å².